The fourth-order valence-corrected chi connectivity index (χ4v) is 3.33. The van der Waals surface area contributed by atoms with Crippen LogP contribution in [-0.2, 0) is 0 Å². The molecule has 1 nitrogen and oxygen atoms in total. The number of hydrogen-bond donors (Lipinski definition) is 1. The van der Waals surface area contributed by atoms with Crippen LogP contribution >= 0.6 is 27.3 Å². The Morgan fingerprint density at radius 2 is 2.00 bits per heavy atom. The van der Waals surface area contributed by atoms with Crippen LogP contribution in [0.1, 0.15) is 23.8 Å². The Hall–Kier alpha value is -0.800. The van der Waals surface area contributed by atoms with Crippen molar-refractivity contribution in [2.75, 3.05) is 5.32 Å². The molecular weight excluding hydrogens is 294 g/mol. The lowest BCUT2D eigenvalue weighted by Crippen LogP contribution is -2.11. The zero-order valence-corrected chi connectivity index (χ0v) is 11.8. The molecule has 1 fully saturated rings. The number of nitrogens with one attached hydrogen (secondary N) is 1. The monoisotopic (exact) mass is 307 g/mol. The second kappa shape index (κ2) is 4.83. The van der Waals surface area contributed by atoms with Gasteiger partial charge in [-0.1, -0.05) is 18.2 Å². The highest BCUT2D eigenvalue weighted by molar-refractivity contribution is 9.10. The van der Waals surface area contributed by atoms with Crippen molar-refractivity contribution in [3.8, 4) is 0 Å². The first-order valence-electron chi connectivity index (χ1n) is 5.89. The molecule has 0 aliphatic heterocycles. The van der Waals surface area contributed by atoms with Crippen molar-refractivity contribution in [3.63, 3.8) is 0 Å². The van der Waals surface area contributed by atoms with Gasteiger partial charge in [-0.2, -0.15) is 0 Å². The fourth-order valence-electron chi connectivity index (χ4n) is 2.06. The molecule has 0 saturated heterocycles. The van der Waals surface area contributed by atoms with Gasteiger partial charge in [-0.3, -0.25) is 0 Å². The van der Waals surface area contributed by atoms with Crippen molar-refractivity contribution in [1.82, 2.24) is 0 Å². The fraction of sp³-hybridized carbons (Fsp3) is 0.286. The Morgan fingerprint density at radius 1 is 1.18 bits per heavy atom. The minimum Gasteiger partial charge on any atom is -0.376 e. The smallest absolute Gasteiger partial charge is 0.0635 e. The second-order valence-electron chi connectivity index (χ2n) is 4.45. The molecule has 1 heterocycles. The van der Waals surface area contributed by atoms with Gasteiger partial charge in [0.1, 0.15) is 0 Å². The lowest BCUT2D eigenvalue weighted by molar-refractivity contribution is 0.690. The maximum absolute atomic E-state index is 3.68. The molecule has 0 radical (unpaired) electrons. The van der Waals surface area contributed by atoms with E-state index in [2.05, 4.69) is 57.0 Å². The predicted molar refractivity (Wildman–Crippen MR) is 77.5 cm³/mol. The summed E-state index contributed by atoms with van der Waals surface area (Å²) < 4.78 is 1.14. The first-order chi connectivity index (χ1) is 8.34. The minimum absolute atomic E-state index is 0.480. The predicted octanol–water partition coefficient (Wildman–Crippen LogP) is 5.07. The van der Waals surface area contributed by atoms with E-state index >= 15 is 0 Å². The molecular formula is C14H14BrNS. The quantitative estimate of drug-likeness (QED) is 0.831. The number of benzene rings is 1. The van der Waals surface area contributed by atoms with Crippen molar-refractivity contribution in [2.45, 2.75) is 18.9 Å². The summed E-state index contributed by atoms with van der Waals surface area (Å²) >= 11 is 5.45. The van der Waals surface area contributed by atoms with Gasteiger partial charge in [-0.15, -0.1) is 11.3 Å². The van der Waals surface area contributed by atoms with Gasteiger partial charge in [0.2, 0.25) is 0 Å². The average molecular weight is 308 g/mol. The van der Waals surface area contributed by atoms with E-state index in [1.807, 2.05) is 17.4 Å². The van der Waals surface area contributed by atoms with E-state index in [0.29, 0.717) is 6.04 Å². The zero-order chi connectivity index (χ0) is 11.7. The minimum atomic E-state index is 0.480. The second-order valence-corrected chi connectivity index (χ2v) is 6.29. The van der Waals surface area contributed by atoms with Gasteiger partial charge in [-0.25, -0.2) is 0 Å². The lowest BCUT2D eigenvalue weighted by atomic mass is 10.1. The van der Waals surface area contributed by atoms with Gasteiger partial charge >= 0.3 is 0 Å². The van der Waals surface area contributed by atoms with E-state index in [1.165, 1.54) is 23.4 Å². The Kier molecular flexibility index (Phi) is 3.21. The van der Waals surface area contributed by atoms with Gasteiger partial charge in [0, 0.05) is 15.0 Å². The normalized spacial score (nSPS) is 16.8. The largest absolute Gasteiger partial charge is 0.376 e. The molecule has 17 heavy (non-hydrogen) atoms. The summed E-state index contributed by atoms with van der Waals surface area (Å²) in [7, 11) is 0. The third-order valence-electron chi connectivity index (χ3n) is 3.13. The molecule has 0 spiro atoms. The third kappa shape index (κ3) is 2.55. The summed E-state index contributed by atoms with van der Waals surface area (Å²) in [6, 6.07) is 13.2. The van der Waals surface area contributed by atoms with Crippen molar-refractivity contribution in [1.29, 1.82) is 0 Å². The molecule has 1 N–H and O–H groups in total. The summed E-state index contributed by atoms with van der Waals surface area (Å²) in [5.41, 5.74) is 1.19. The molecule has 2 aromatic rings. The van der Waals surface area contributed by atoms with Gasteiger partial charge in [0.25, 0.3) is 0 Å². The Balaban J connectivity index is 1.84. The van der Waals surface area contributed by atoms with Crippen LogP contribution in [0.5, 0.6) is 0 Å². The zero-order valence-electron chi connectivity index (χ0n) is 9.40. The molecule has 1 aromatic carbocycles. The number of hydrogen-bond acceptors (Lipinski definition) is 2. The lowest BCUT2D eigenvalue weighted by Gasteiger charge is -2.19. The van der Waals surface area contributed by atoms with Crippen LogP contribution in [0, 0.1) is 5.92 Å². The molecule has 0 amide bonds. The highest BCUT2D eigenvalue weighted by Crippen LogP contribution is 2.44. The van der Waals surface area contributed by atoms with Crippen LogP contribution in [0.3, 0.4) is 0 Å². The third-order valence-corrected chi connectivity index (χ3v) is 4.77. The number of anilines is 1. The molecule has 1 aromatic heterocycles. The van der Waals surface area contributed by atoms with E-state index in [-0.39, 0.29) is 0 Å². The van der Waals surface area contributed by atoms with E-state index in [1.54, 1.807) is 0 Å². The highest BCUT2D eigenvalue weighted by atomic mass is 79.9. The maximum atomic E-state index is 3.68. The molecule has 3 heteroatoms. The van der Waals surface area contributed by atoms with E-state index in [9.17, 15) is 0 Å². The highest BCUT2D eigenvalue weighted by Gasteiger charge is 2.33. The Morgan fingerprint density at radius 3 is 2.65 bits per heavy atom. The summed E-state index contributed by atoms with van der Waals surface area (Å²) in [5.74, 6) is 0.806. The Labute approximate surface area is 114 Å². The SMILES string of the molecule is Brc1ccccc1NC(c1cccs1)C1CC1. The summed E-state index contributed by atoms with van der Waals surface area (Å²) in [4.78, 5) is 1.45. The van der Waals surface area contributed by atoms with Crippen molar-refractivity contribution in [3.05, 3.63) is 51.1 Å². The van der Waals surface area contributed by atoms with E-state index in [0.717, 1.165) is 10.4 Å². The van der Waals surface area contributed by atoms with Crippen LogP contribution in [0.25, 0.3) is 0 Å². The molecule has 3 rings (SSSR count). The number of rotatable bonds is 4. The van der Waals surface area contributed by atoms with Crippen molar-refractivity contribution >= 4 is 33.0 Å². The molecule has 1 aliphatic carbocycles. The number of thiophene rings is 1. The average Bonchev–Trinajstić information content (AvgIpc) is 3.03. The maximum Gasteiger partial charge on any atom is 0.0635 e. The molecule has 0 bridgehead atoms. The summed E-state index contributed by atoms with van der Waals surface area (Å²) in [6.45, 7) is 0. The van der Waals surface area contributed by atoms with Gasteiger partial charge < -0.3 is 5.32 Å². The first-order valence-corrected chi connectivity index (χ1v) is 7.56. The number of para-hydroxylation sites is 1. The van der Waals surface area contributed by atoms with Crippen molar-refractivity contribution < 1.29 is 0 Å². The van der Waals surface area contributed by atoms with Crippen LogP contribution < -0.4 is 5.32 Å². The van der Waals surface area contributed by atoms with E-state index in [4.69, 9.17) is 0 Å². The van der Waals surface area contributed by atoms with Crippen LogP contribution in [0.15, 0.2) is 46.3 Å². The topological polar surface area (TPSA) is 12.0 Å². The molecule has 88 valence electrons. The van der Waals surface area contributed by atoms with Gasteiger partial charge in [0.05, 0.1) is 6.04 Å². The van der Waals surface area contributed by atoms with Crippen LogP contribution in [0.2, 0.25) is 0 Å². The standard InChI is InChI=1S/C14H14BrNS/c15-11-4-1-2-5-12(11)16-14(10-7-8-10)13-6-3-9-17-13/h1-6,9-10,14,16H,7-8H2. The van der Waals surface area contributed by atoms with E-state index < -0.39 is 0 Å². The van der Waals surface area contributed by atoms with Crippen molar-refractivity contribution in [2.24, 2.45) is 5.92 Å². The Bertz CT molecular complexity index is 491. The van der Waals surface area contributed by atoms with Crippen LogP contribution in [0.4, 0.5) is 5.69 Å². The number of halogens is 1. The summed E-state index contributed by atoms with van der Waals surface area (Å²) in [6.07, 6.45) is 2.69. The summed E-state index contributed by atoms with van der Waals surface area (Å²) in [5, 5.41) is 5.83. The molecule has 1 aliphatic rings. The van der Waals surface area contributed by atoms with Crippen LogP contribution in [-0.4, -0.2) is 0 Å². The molecule has 1 unspecified atom stereocenters. The van der Waals surface area contributed by atoms with Gasteiger partial charge in [-0.05, 0) is 58.3 Å². The van der Waals surface area contributed by atoms with Gasteiger partial charge in [0.15, 0.2) is 0 Å². The molecule has 1 saturated carbocycles. The molecule has 1 atom stereocenters. The first kappa shape index (κ1) is 11.3.